The molecule has 2 saturated heterocycles. The molecule has 3 aliphatic rings. The Morgan fingerprint density at radius 1 is 0.972 bits per heavy atom. The van der Waals surface area contributed by atoms with Crippen molar-refractivity contribution in [1.82, 2.24) is 15.5 Å². The molecule has 36 heavy (non-hydrogen) atoms. The number of fused-ring (bicyclic) bond motifs is 2. The maximum absolute atomic E-state index is 13.7. The van der Waals surface area contributed by atoms with Crippen molar-refractivity contribution >= 4 is 34.5 Å². The Kier molecular flexibility index (Phi) is 6.73. The molecule has 2 aromatic carbocycles. The minimum atomic E-state index is -1.40. The molecule has 2 aromatic rings. The number of benzene rings is 2. The highest BCUT2D eigenvalue weighted by Crippen LogP contribution is 2.29. The number of carbonyl (C=O) groups is 4. The number of nitrogens with one attached hydrogen (secondary N) is 2. The van der Waals surface area contributed by atoms with E-state index in [2.05, 4.69) is 10.6 Å². The molecule has 0 radical (unpaired) electrons. The van der Waals surface area contributed by atoms with Gasteiger partial charge >= 0.3 is 5.97 Å². The summed E-state index contributed by atoms with van der Waals surface area (Å²) >= 11 is 0. The summed E-state index contributed by atoms with van der Waals surface area (Å²) in [6.07, 6.45) is 5.28. The van der Waals surface area contributed by atoms with Crippen LogP contribution in [0.1, 0.15) is 48.9 Å². The molecule has 2 fully saturated rings. The largest absolute Gasteiger partial charge is 0.434 e. The Morgan fingerprint density at radius 2 is 1.75 bits per heavy atom. The first-order chi connectivity index (χ1) is 17.4. The lowest BCUT2D eigenvalue weighted by atomic mass is 9.90. The topological polar surface area (TPSA) is 125 Å². The number of cyclic esters (lactones) is 1. The Bertz CT molecular complexity index is 1230. The smallest absolute Gasteiger partial charge is 0.310 e. The second-order valence-corrected chi connectivity index (χ2v) is 9.58. The number of rotatable bonds is 4. The number of hydrogen-bond acceptors (Lipinski definition) is 6. The number of piperidine rings is 1. The van der Waals surface area contributed by atoms with Crippen molar-refractivity contribution < 1.29 is 29.0 Å². The minimum Gasteiger partial charge on any atom is -0.434 e. The first kappa shape index (κ1) is 24.0. The molecule has 188 valence electrons. The van der Waals surface area contributed by atoms with Crippen molar-refractivity contribution in [3.05, 3.63) is 60.2 Å². The molecule has 0 aromatic heterocycles. The van der Waals surface area contributed by atoms with Gasteiger partial charge in [0.2, 0.25) is 18.1 Å². The first-order valence-electron chi connectivity index (χ1n) is 12.4. The van der Waals surface area contributed by atoms with Crippen LogP contribution >= 0.6 is 0 Å². The molecule has 0 bridgehead atoms. The lowest BCUT2D eigenvalue weighted by Gasteiger charge is -2.43. The van der Waals surface area contributed by atoms with Crippen LogP contribution in [0.25, 0.3) is 10.8 Å². The van der Waals surface area contributed by atoms with Crippen molar-refractivity contribution in [2.45, 2.75) is 69.0 Å². The predicted molar refractivity (Wildman–Crippen MR) is 130 cm³/mol. The number of ether oxygens (including phenoxy) is 1. The van der Waals surface area contributed by atoms with Crippen LogP contribution in [-0.2, 0) is 19.1 Å². The summed E-state index contributed by atoms with van der Waals surface area (Å²) in [6.45, 7) is 0. The van der Waals surface area contributed by atoms with Gasteiger partial charge in [0.1, 0.15) is 18.1 Å². The summed E-state index contributed by atoms with van der Waals surface area (Å²) in [7, 11) is 0. The third-order valence-corrected chi connectivity index (χ3v) is 7.17. The molecule has 0 aliphatic carbocycles. The Morgan fingerprint density at radius 3 is 2.53 bits per heavy atom. The van der Waals surface area contributed by atoms with E-state index in [9.17, 15) is 24.3 Å². The van der Waals surface area contributed by atoms with Gasteiger partial charge in [0, 0.05) is 11.6 Å². The van der Waals surface area contributed by atoms with Crippen LogP contribution in [0.4, 0.5) is 0 Å². The van der Waals surface area contributed by atoms with Gasteiger partial charge in [-0.2, -0.15) is 0 Å². The van der Waals surface area contributed by atoms with E-state index in [1.807, 2.05) is 42.5 Å². The van der Waals surface area contributed by atoms with Gasteiger partial charge in [-0.25, -0.2) is 0 Å². The van der Waals surface area contributed by atoms with E-state index < -0.39 is 36.3 Å². The average Bonchev–Trinajstić information content (AvgIpc) is 3.19. The maximum Gasteiger partial charge on any atom is 0.310 e. The number of amides is 3. The molecule has 2 unspecified atom stereocenters. The van der Waals surface area contributed by atoms with E-state index in [-0.39, 0.29) is 24.3 Å². The first-order valence-corrected chi connectivity index (χ1v) is 12.4. The Balaban J connectivity index is 1.34. The van der Waals surface area contributed by atoms with E-state index in [1.54, 1.807) is 17.0 Å². The molecule has 0 saturated carbocycles. The van der Waals surface area contributed by atoms with E-state index >= 15 is 0 Å². The van der Waals surface area contributed by atoms with Gasteiger partial charge in [-0.3, -0.25) is 19.2 Å². The van der Waals surface area contributed by atoms with E-state index in [0.29, 0.717) is 24.8 Å². The normalized spacial score (nSPS) is 28.1. The zero-order valence-corrected chi connectivity index (χ0v) is 19.8. The molecule has 5 rings (SSSR count). The Labute approximate surface area is 208 Å². The fourth-order valence-electron chi connectivity index (χ4n) is 5.31. The van der Waals surface area contributed by atoms with Crippen LogP contribution in [0, 0.1) is 0 Å². The molecule has 9 heteroatoms. The summed E-state index contributed by atoms with van der Waals surface area (Å²) in [5.74, 6) is -1.68. The number of carbonyl (C=O) groups excluding carboxylic acids is 4. The standard InChI is InChI=1S/C27H29N3O6/c31-23-15-21(27(35)36-23)29-25(33)22-11-5-9-19-8-3-4-10-20(26(34)30(19)22)28-24(32)18-13-12-16-6-1-2-7-17(16)14-18/h1-4,6-7,12-14,19-22,27,35H,5,8-11,15H2,(H,28,32)(H,29,33)/t19-,20-,21?,22-,27?/m0/s1. The lowest BCUT2D eigenvalue weighted by Crippen LogP contribution is -2.62. The quantitative estimate of drug-likeness (QED) is 0.442. The Hall–Kier alpha value is -3.72. The highest BCUT2D eigenvalue weighted by atomic mass is 16.6. The lowest BCUT2D eigenvalue weighted by molar-refractivity contribution is -0.156. The molecular weight excluding hydrogens is 462 g/mol. The summed E-state index contributed by atoms with van der Waals surface area (Å²) in [4.78, 5) is 53.1. The van der Waals surface area contributed by atoms with Crippen LogP contribution in [0.2, 0.25) is 0 Å². The molecule has 5 atom stereocenters. The van der Waals surface area contributed by atoms with Gasteiger partial charge in [-0.15, -0.1) is 0 Å². The molecule has 3 heterocycles. The number of aliphatic hydroxyl groups is 1. The summed E-state index contributed by atoms with van der Waals surface area (Å²) in [5, 5.41) is 17.4. The molecule has 3 N–H and O–H groups in total. The highest BCUT2D eigenvalue weighted by molar-refractivity contribution is 6.01. The van der Waals surface area contributed by atoms with Crippen molar-refractivity contribution in [3.63, 3.8) is 0 Å². The molecular formula is C27H29N3O6. The number of esters is 1. The van der Waals surface area contributed by atoms with Crippen LogP contribution in [-0.4, -0.2) is 64.2 Å². The third-order valence-electron chi connectivity index (χ3n) is 7.17. The zero-order chi connectivity index (χ0) is 25.2. The summed E-state index contributed by atoms with van der Waals surface area (Å²) in [5.41, 5.74) is 0.455. The SMILES string of the molecule is O=C1CC(NC(=O)[C@@H]2CCC[C@@H]3CC=CC[C@H](NC(=O)c4ccc5ccccc5c4)C(=O)N32)C(O)O1. The second kappa shape index (κ2) is 10.1. The van der Waals surface area contributed by atoms with Gasteiger partial charge in [0.15, 0.2) is 0 Å². The fraction of sp³-hybridized carbons (Fsp3) is 0.407. The minimum absolute atomic E-state index is 0.121. The fourth-order valence-corrected chi connectivity index (χ4v) is 5.31. The van der Waals surface area contributed by atoms with Gasteiger partial charge in [0.25, 0.3) is 5.91 Å². The van der Waals surface area contributed by atoms with Crippen LogP contribution in [0.15, 0.2) is 54.6 Å². The van der Waals surface area contributed by atoms with Crippen LogP contribution < -0.4 is 10.6 Å². The summed E-state index contributed by atoms with van der Waals surface area (Å²) in [6, 6.07) is 10.5. The molecule has 3 aliphatic heterocycles. The maximum atomic E-state index is 13.7. The highest BCUT2D eigenvalue weighted by Gasteiger charge is 2.43. The zero-order valence-electron chi connectivity index (χ0n) is 19.8. The van der Waals surface area contributed by atoms with Crippen molar-refractivity contribution in [1.29, 1.82) is 0 Å². The molecule has 3 amide bonds. The molecule has 9 nitrogen and oxygen atoms in total. The van der Waals surface area contributed by atoms with E-state index in [0.717, 1.165) is 23.6 Å². The number of aliphatic hydroxyl groups excluding tert-OH is 1. The van der Waals surface area contributed by atoms with E-state index in [4.69, 9.17) is 4.74 Å². The second-order valence-electron chi connectivity index (χ2n) is 9.58. The number of hydrogen-bond donors (Lipinski definition) is 3. The van der Waals surface area contributed by atoms with Gasteiger partial charge < -0.3 is 25.4 Å². The van der Waals surface area contributed by atoms with Crippen molar-refractivity contribution in [3.8, 4) is 0 Å². The van der Waals surface area contributed by atoms with Crippen LogP contribution in [0.3, 0.4) is 0 Å². The van der Waals surface area contributed by atoms with E-state index in [1.165, 1.54) is 0 Å². The van der Waals surface area contributed by atoms with Crippen molar-refractivity contribution in [2.75, 3.05) is 0 Å². The average molecular weight is 492 g/mol. The summed E-state index contributed by atoms with van der Waals surface area (Å²) < 4.78 is 4.72. The predicted octanol–water partition coefficient (Wildman–Crippen LogP) is 1.79. The third kappa shape index (κ3) is 4.83. The van der Waals surface area contributed by atoms with Crippen LogP contribution in [0.5, 0.6) is 0 Å². The van der Waals surface area contributed by atoms with Gasteiger partial charge in [-0.1, -0.05) is 42.5 Å². The van der Waals surface area contributed by atoms with Gasteiger partial charge in [-0.05, 0) is 55.0 Å². The number of nitrogens with zero attached hydrogens (tertiary/aromatic N) is 1. The monoisotopic (exact) mass is 491 g/mol. The molecule has 0 spiro atoms. The van der Waals surface area contributed by atoms with Gasteiger partial charge in [0.05, 0.1) is 6.42 Å². The van der Waals surface area contributed by atoms with Crippen molar-refractivity contribution in [2.24, 2.45) is 0 Å².